The molecule has 9 heteroatoms. The second kappa shape index (κ2) is 5.03. The smallest absolute Gasteiger partial charge is 0.358 e. The number of nitro groups is 1. The van der Waals surface area contributed by atoms with Crippen LogP contribution in [0.25, 0.3) is 5.69 Å². The summed E-state index contributed by atoms with van der Waals surface area (Å²) in [6.45, 7) is 1.68. The molecule has 20 heavy (non-hydrogen) atoms. The van der Waals surface area contributed by atoms with Gasteiger partial charge >= 0.3 is 5.97 Å². The molecule has 0 aliphatic carbocycles. The molecule has 0 aliphatic heterocycles. The molecule has 1 N–H and O–H groups in total. The average Bonchev–Trinajstić information content (AvgIpc) is 2.81. The Hall–Kier alpha value is -2.84. The molecular formula is C11H9FN4O4. The Kier molecular flexibility index (Phi) is 3.42. The lowest BCUT2D eigenvalue weighted by atomic mass is 10.2. The lowest BCUT2D eigenvalue weighted by Crippen LogP contribution is -2.06. The molecule has 0 amide bonds. The van der Waals surface area contributed by atoms with Crippen LogP contribution in [0.3, 0.4) is 0 Å². The van der Waals surface area contributed by atoms with Crippen molar-refractivity contribution in [3.8, 4) is 5.69 Å². The third kappa shape index (κ3) is 2.32. The van der Waals surface area contributed by atoms with Crippen LogP contribution in [0.2, 0.25) is 0 Å². The van der Waals surface area contributed by atoms with Gasteiger partial charge in [0.2, 0.25) is 0 Å². The Labute approximate surface area is 111 Å². The third-order valence-electron chi connectivity index (χ3n) is 2.62. The Morgan fingerprint density at radius 3 is 2.75 bits per heavy atom. The van der Waals surface area contributed by atoms with Crippen LogP contribution < -0.4 is 0 Å². The lowest BCUT2D eigenvalue weighted by molar-refractivity contribution is -0.385. The van der Waals surface area contributed by atoms with E-state index in [4.69, 9.17) is 5.11 Å². The second-order valence-electron chi connectivity index (χ2n) is 3.88. The first kappa shape index (κ1) is 13.6. The fourth-order valence-corrected chi connectivity index (χ4v) is 1.78. The van der Waals surface area contributed by atoms with E-state index >= 15 is 0 Å². The van der Waals surface area contributed by atoms with Crippen LogP contribution in [0.15, 0.2) is 18.2 Å². The van der Waals surface area contributed by atoms with Gasteiger partial charge in [0.1, 0.15) is 5.82 Å². The van der Waals surface area contributed by atoms with Crippen molar-refractivity contribution in [1.82, 2.24) is 15.0 Å². The van der Waals surface area contributed by atoms with Crippen molar-refractivity contribution in [3.63, 3.8) is 0 Å². The van der Waals surface area contributed by atoms with E-state index in [1.165, 1.54) is 0 Å². The number of rotatable bonds is 4. The summed E-state index contributed by atoms with van der Waals surface area (Å²) in [4.78, 5) is 20.9. The maximum absolute atomic E-state index is 13.4. The van der Waals surface area contributed by atoms with E-state index in [2.05, 4.69) is 10.3 Å². The minimum Gasteiger partial charge on any atom is -0.476 e. The van der Waals surface area contributed by atoms with Crippen LogP contribution >= 0.6 is 0 Å². The van der Waals surface area contributed by atoms with Crippen LogP contribution in [-0.2, 0) is 6.42 Å². The summed E-state index contributed by atoms with van der Waals surface area (Å²) >= 11 is 0. The van der Waals surface area contributed by atoms with Gasteiger partial charge in [0, 0.05) is 12.1 Å². The third-order valence-corrected chi connectivity index (χ3v) is 2.62. The standard InChI is InChI=1S/C11H9FN4O4/c1-2-9-10(11(17)18)13-14-15(9)7-3-6(12)4-8(5-7)16(19)20/h3-5H,2H2,1H3,(H,17,18). The number of hydrogen-bond donors (Lipinski definition) is 1. The van der Waals surface area contributed by atoms with E-state index in [0.717, 1.165) is 22.9 Å². The van der Waals surface area contributed by atoms with E-state index in [9.17, 15) is 19.3 Å². The fourth-order valence-electron chi connectivity index (χ4n) is 1.78. The normalized spacial score (nSPS) is 10.5. The number of nitrogens with zero attached hydrogens (tertiary/aromatic N) is 4. The number of non-ortho nitro benzene ring substituents is 1. The van der Waals surface area contributed by atoms with Crippen molar-refractivity contribution >= 4 is 11.7 Å². The molecule has 0 fully saturated rings. The zero-order chi connectivity index (χ0) is 14.9. The van der Waals surface area contributed by atoms with Crippen LogP contribution in [-0.4, -0.2) is 31.0 Å². The highest BCUT2D eigenvalue weighted by Crippen LogP contribution is 2.21. The van der Waals surface area contributed by atoms with Crippen LogP contribution in [0.5, 0.6) is 0 Å². The van der Waals surface area contributed by atoms with Gasteiger partial charge in [0.25, 0.3) is 5.69 Å². The quantitative estimate of drug-likeness (QED) is 0.672. The number of benzene rings is 1. The summed E-state index contributed by atoms with van der Waals surface area (Å²) in [5.41, 5.74) is -0.431. The first-order valence-electron chi connectivity index (χ1n) is 5.57. The molecule has 0 radical (unpaired) electrons. The average molecular weight is 280 g/mol. The molecule has 0 bridgehead atoms. The van der Waals surface area contributed by atoms with Crippen molar-refractivity contribution in [2.24, 2.45) is 0 Å². The molecule has 104 valence electrons. The molecule has 2 rings (SSSR count). The van der Waals surface area contributed by atoms with Crippen molar-refractivity contribution in [3.05, 3.63) is 45.5 Å². The van der Waals surface area contributed by atoms with Crippen LogP contribution in [0, 0.1) is 15.9 Å². The minimum atomic E-state index is -1.26. The van der Waals surface area contributed by atoms with Crippen molar-refractivity contribution < 1.29 is 19.2 Å². The fraction of sp³-hybridized carbons (Fsp3) is 0.182. The zero-order valence-electron chi connectivity index (χ0n) is 10.3. The maximum atomic E-state index is 13.4. The van der Waals surface area contributed by atoms with Gasteiger partial charge in [-0.25, -0.2) is 13.9 Å². The number of carboxylic acid groups (broad SMARTS) is 1. The Morgan fingerprint density at radius 2 is 2.20 bits per heavy atom. The van der Waals surface area contributed by atoms with Gasteiger partial charge in [-0.15, -0.1) is 5.10 Å². The Balaban J connectivity index is 2.62. The molecule has 0 aliphatic rings. The summed E-state index contributed by atoms with van der Waals surface area (Å²) in [6, 6.07) is 2.89. The molecule has 0 saturated carbocycles. The molecule has 1 aromatic carbocycles. The monoisotopic (exact) mass is 280 g/mol. The molecular weight excluding hydrogens is 271 g/mol. The number of aromatic nitrogens is 3. The lowest BCUT2D eigenvalue weighted by Gasteiger charge is -2.05. The van der Waals surface area contributed by atoms with Crippen LogP contribution in [0.4, 0.5) is 10.1 Å². The summed E-state index contributed by atoms with van der Waals surface area (Å²) in [6.07, 6.45) is 0.277. The minimum absolute atomic E-state index is 0.0496. The van der Waals surface area contributed by atoms with Gasteiger partial charge in [-0.2, -0.15) is 0 Å². The van der Waals surface area contributed by atoms with Gasteiger partial charge in [0.05, 0.1) is 22.4 Å². The van der Waals surface area contributed by atoms with E-state index in [0.29, 0.717) is 0 Å². The van der Waals surface area contributed by atoms with E-state index in [1.54, 1.807) is 6.92 Å². The molecule has 1 aromatic heterocycles. The van der Waals surface area contributed by atoms with Crippen LogP contribution in [0.1, 0.15) is 23.1 Å². The number of carboxylic acids is 1. The van der Waals surface area contributed by atoms with Gasteiger partial charge in [-0.1, -0.05) is 12.1 Å². The number of aromatic carboxylic acids is 1. The summed E-state index contributed by atoms with van der Waals surface area (Å²) in [7, 11) is 0. The predicted molar refractivity (Wildman–Crippen MR) is 64.3 cm³/mol. The summed E-state index contributed by atoms with van der Waals surface area (Å²) < 4.78 is 14.5. The number of halogens is 1. The molecule has 1 heterocycles. The van der Waals surface area contributed by atoms with Gasteiger partial charge < -0.3 is 5.11 Å². The number of nitro benzene ring substituents is 1. The van der Waals surface area contributed by atoms with Crippen molar-refractivity contribution in [2.75, 3.05) is 0 Å². The second-order valence-corrected chi connectivity index (χ2v) is 3.88. The SMILES string of the molecule is CCc1c(C(=O)O)nnn1-c1cc(F)cc([N+](=O)[O-])c1. The van der Waals surface area contributed by atoms with Crippen molar-refractivity contribution in [1.29, 1.82) is 0 Å². The highest BCUT2D eigenvalue weighted by atomic mass is 19.1. The topological polar surface area (TPSA) is 111 Å². The van der Waals surface area contributed by atoms with Crippen molar-refractivity contribution in [2.45, 2.75) is 13.3 Å². The molecule has 2 aromatic rings. The van der Waals surface area contributed by atoms with Gasteiger partial charge in [0.15, 0.2) is 5.69 Å². The largest absolute Gasteiger partial charge is 0.476 e. The molecule has 8 nitrogen and oxygen atoms in total. The summed E-state index contributed by atoms with van der Waals surface area (Å²) in [5, 5.41) is 26.8. The first-order chi connectivity index (χ1) is 9.43. The number of carbonyl (C=O) groups is 1. The van der Waals surface area contributed by atoms with E-state index in [-0.39, 0.29) is 23.5 Å². The highest BCUT2D eigenvalue weighted by molar-refractivity contribution is 5.86. The van der Waals surface area contributed by atoms with Gasteiger partial charge in [-0.3, -0.25) is 10.1 Å². The Morgan fingerprint density at radius 1 is 1.50 bits per heavy atom. The van der Waals surface area contributed by atoms with E-state index < -0.39 is 22.4 Å². The predicted octanol–water partition coefficient (Wildman–Crippen LogP) is 1.58. The highest BCUT2D eigenvalue weighted by Gasteiger charge is 2.20. The number of hydrogen-bond acceptors (Lipinski definition) is 5. The summed E-state index contributed by atoms with van der Waals surface area (Å²) in [5.74, 6) is -2.08. The first-order valence-corrected chi connectivity index (χ1v) is 5.57. The molecule has 0 spiro atoms. The molecule has 0 atom stereocenters. The molecule has 0 saturated heterocycles. The zero-order valence-corrected chi connectivity index (χ0v) is 10.3. The maximum Gasteiger partial charge on any atom is 0.358 e. The Bertz CT molecular complexity index is 698. The van der Waals surface area contributed by atoms with E-state index in [1.807, 2.05) is 0 Å². The molecule has 0 unspecified atom stereocenters. The van der Waals surface area contributed by atoms with Gasteiger partial charge in [-0.05, 0) is 6.42 Å².